The number of pyridine rings is 1. The summed E-state index contributed by atoms with van der Waals surface area (Å²) in [7, 11) is -1.96. The minimum Gasteiger partial charge on any atom is -0.410 e. The molecule has 1 spiro atoms. The summed E-state index contributed by atoms with van der Waals surface area (Å²) in [5.74, 6) is 0.700. The third-order valence-electron chi connectivity index (χ3n) is 9.38. The van der Waals surface area contributed by atoms with Crippen LogP contribution in [0.1, 0.15) is 121 Å². The Bertz CT molecular complexity index is 1120. The fourth-order valence-corrected chi connectivity index (χ4v) is 8.20. The Morgan fingerprint density at radius 1 is 1.03 bits per heavy atom. The van der Waals surface area contributed by atoms with Crippen molar-refractivity contribution >= 4 is 30.9 Å². The van der Waals surface area contributed by atoms with Crippen molar-refractivity contribution in [2.24, 2.45) is 11.3 Å². The van der Waals surface area contributed by atoms with E-state index >= 15 is 0 Å². The largest absolute Gasteiger partial charge is 0.410 e. The van der Waals surface area contributed by atoms with Crippen LogP contribution in [0.3, 0.4) is 0 Å². The van der Waals surface area contributed by atoms with E-state index in [-0.39, 0.29) is 22.0 Å². The Morgan fingerprint density at radius 3 is 2.14 bits per heavy atom. The zero-order valence-electron chi connectivity index (χ0n) is 24.7. The van der Waals surface area contributed by atoms with Gasteiger partial charge in [0.25, 0.3) is 0 Å². The predicted octanol–water partition coefficient (Wildman–Crippen LogP) is 9.25. The second-order valence-corrected chi connectivity index (χ2v) is 20.7. The lowest BCUT2D eigenvalue weighted by atomic mass is 9.53. The van der Waals surface area contributed by atoms with Gasteiger partial charge in [0.15, 0.2) is 8.32 Å². The molecule has 1 aromatic carbocycles. The Kier molecular flexibility index (Phi) is 7.91. The van der Waals surface area contributed by atoms with Crippen molar-refractivity contribution in [3.05, 3.63) is 62.0 Å². The first-order valence-electron chi connectivity index (χ1n) is 14.1. The number of aliphatic hydroxyl groups excluding tert-OH is 1. The molecule has 2 aliphatic rings. The second-order valence-electron chi connectivity index (χ2n) is 14.8. The van der Waals surface area contributed by atoms with Crippen LogP contribution >= 0.6 is 22.6 Å². The van der Waals surface area contributed by atoms with Crippen molar-refractivity contribution < 1.29 is 9.53 Å². The maximum Gasteiger partial charge on any atom is 0.192 e. The summed E-state index contributed by atoms with van der Waals surface area (Å²) in [6.07, 6.45) is 3.80. The molecule has 2 aliphatic carbocycles. The molecular weight excluding hydrogens is 585 g/mol. The van der Waals surface area contributed by atoms with E-state index in [0.29, 0.717) is 11.8 Å². The summed E-state index contributed by atoms with van der Waals surface area (Å²) >= 11 is 2.52. The first-order chi connectivity index (χ1) is 16.9. The summed E-state index contributed by atoms with van der Waals surface area (Å²) in [4.78, 5) is 5.22. The standard InChI is InChI=1S/C32H48INO2Si/c1-20(2)25-15-24(33)28-26(34-25)18-32(19-27(28)36-37(9,10)31(6,7)8)16-22(17-32)29(35)21-11-13-23(14-12-21)30(3,4)5/h11-15,20,22,27,29,35H,16-19H2,1-10H3/t22?,27-,29?,32?/m0/s1. The third kappa shape index (κ3) is 5.90. The normalized spacial score (nSPS) is 25.2. The molecule has 0 aliphatic heterocycles. The summed E-state index contributed by atoms with van der Waals surface area (Å²) in [6.45, 7) is 22.9. The topological polar surface area (TPSA) is 42.4 Å². The van der Waals surface area contributed by atoms with Crippen molar-refractivity contribution in [2.45, 2.75) is 123 Å². The van der Waals surface area contributed by atoms with Crippen LogP contribution in [-0.4, -0.2) is 18.4 Å². The van der Waals surface area contributed by atoms with E-state index in [9.17, 15) is 5.11 Å². The highest BCUT2D eigenvalue weighted by Gasteiger charge is 2.53. The summed E-state index contributed by atoms with van der Waals surface area (Å²) in [6, 6.07) is 10.9. The van der Waals surface area contributed by atoms with Gasteiger partial charge in [0, 0.05) is 20.5 Å². The molecule has 1 fully saturated rings. The van der Waals surface area contributed by atoms with Gasteiger partial charge in [0.05, 0.1) is 12.2 Å². The van der Waals surface area contributed by atoms with Crippen molar-refractivity contribution in [1.82, 2.24) is 4.98 Å². The van der Waals surface area contributed by atoms with Crippen LogP contribution in [-0.2, 0) is 16.3 Å². The predicted molar refractivity (Wildman–Crippen MR) is 166 cm³/mol. The fourth-order valence-electron chi connectivity index (χ4n) is 5.96. The average Bonchev–Trinajstić information content (AvgIpc) is 2.74. The summed E-state index contributed by atoms with van der Waals surface area (Å²) in [5, 5.41) is 11.5. The summed E-state index contributed by atoms with van der Waals surface area (Å²) in [5.41, 5.74) is 6.41. The molecule has 1 unspecified atom stereocenters. The van der Waals surface area contributed by atoms with Crippen molar-refractivity contribution in [3.8, 4) is 0 Å². The fraction of sp³-hybridized carbons (Fsp3) is 0.656. The molecule has 5 heteroatoms. The van der Waals surface area contributed by atoms with Gasteiger partial charge >= 0.3 is 0 Å². The van der Waals surface area contributed by atoms with E-state index < -0.39 is 14.4 Å². The van der Waals surface area contributed by atoms with Gasteiger partial charge < -0.3 is 9.53 Å². The van der Waals surface area contributed by atoms with Gasteiger partial charge in [-0.05, 0) is 106 Å². The van der Waals surface area contributed by atoms with Crippen LogP contribution < -0.4 is 0 Å². The summed E-state index contributed by atoms with van der Waals surface area (Å²) < 4.78 is 8.44. The van der Waals surface area contributed by atoms with Gasteiger partial charge in [-0.2, -0.15) is 0 Å². The highest BCUT2D eigenvalue weighted by Crippen LogP contribution is 2.60. The van der Waals surface area contributed by atoms with E-state index in [2.05, 4.69) is 121 Å². The minimum absolute atomic E-state index is 0.0921. The third-order valence-corrected chi connectivity index (χ3v) is 14.8. The molecule has 2 atom stereocenters. The zero-order valence-corrected chi connectivity index (χ0v) is 27.9. The zero-order chi connectivity index (χ0) is 27.6. The Labute approximate surface area is 240 Å². The number of hydrogen-bond donors (Lipinski definition) is 1. The smallest absolute Gasteiger partial charge is 0.192 e. The van der Waals surface area contributed by atoms with E-state index in [1.54, 1.807) is 0 Å². The van der Waals surface area contributed by atoms with E-state index in [1.807, 2.05) is 0 Å². The van der Waals surface area contributed by atoms with Gasteiger partial charge in [0.2, 0.25) is 0 Å². The van der Waals surface area contributed by atoms with Crippen molar-refractivity contribution in [3.63, 3.8) is 0 Å². The van der Waals surface area contributed by atoms with Crippen LogP contribution in [0.25, 0.3) is 0 Å². The first-order valence-corrected chi connectivity index (χ1v) is 18.1. The lowest BCUT2D eigenvalue weighted by Gasteiger charge is -2.54. The Hall–Kier alpha value is -0.763. The highest BCUT2D eigenvalue weighted by molar-refractivity contribution is 14.1. The number of fused-ring (bicyclic) bond motifs is 1. The maximum absolute atomic E-state index is 11.3. The van der Waals surface area contributed by atoms with Crippen LogP contribution in [0.15, 0.2) is 30.3 Å². The monoisotopic (exact) mass is 633 g/mol. The molecule has 2 aromatic rings. The molecule has 1 heterocycles. The van der Waals surface area contributed by atoms with Crippen LogP contribution in [0, 0.1) is 14.9 Å². The number of aliphatic hydroxyl groups is 1. The van der Waals surface area contributed by atoms with E-state index in [4.69, 9.17) is 9.41 Å². The van der Waals surface area contributed by atoms with E-state index in [1.165, 1.54) is 26.1 Å². The molecule has 1 N–H and O–H groups in total. The van der Waals surface area contributed by atoms with Crippen LogP contribution in [0.4, 0.5) is 0 Å². The minimum atomic E-state index is -1.96. The second kappa shape index (κ2) is 10.0. The number of hydrogen-bond acceptors (Lipinski definition) is 3. The van der Waals surface area contributed by atoms with Crippen molar-refractivity contribution in [2.75, 3.05) is 0 Å². The SMILES string of the molecule is CC(C)c1cc(I)c2c(n1)CC1(CC(C(O)c3ccc(C(C)(C)C)cc3)C1)C[C@@H]2O[Si](C)(C)C(C)(C)C. The average molecular weight is 634 g/mol. The van der Waals surface area contributed by atoms with Crippen LogP contribution in [0.2, 0.25) is 18.1 Å². The van der Waals surface area contributed by atoms with Gasteiger partial charge in [-0.1, -0.05) is 79.7 Å². The Balaban J connectivity index is 1.60. The molecule has 0 radical (unpaired) electrons. The molecule has 3 nitrogen and oxygen atoms in total. The lowest BCUT2D eigenvalue weighted by Crippen LogP contribution is -2.49. The molecule has 1 saturated carbocycles. The molecule has 0 bridgehead atoms. The van der Waals surface area contributed by atoms with Gasteiger partial charge in [-0.3, -0.25) is 4.98 Å². The van der Waals surface area contributed by atoms with E-state index in [0.717, 1.165) is 31.2 Å². The number of aromatic nitrogens is 1. The number of benzene rings is 1. The van der Waals surface area contributed by atoms with Crippen LogP contribution in [0.5, 0.6) is 0 Å². The van der Waals surface area contributed by atoms with Gasteiger partial charge in [0.1, 0.15) is 0 Å². The number of nitrogens with zero attached hydrogens (tertiary/aromatic N) is 1. The molecule has 204 valence electrons. The molecule has 4 rings (SSSR count). The quantitative estimate of drug-likeness (QED) is 0.264. The molecule has 0 saturated heterocycles. The molecule has 0 amide bonds. The molecular formula is C32H48INO2Si. The van der Waals surface area contributed by atoms with Crippen molar-refractivity contribution in [1.29, 1.82) is 0 Å². The number of halogens is 1. The highest BCUT2D eigenvalue weighted by atomic mass is 127. The van der Waals surface area contributed by atoms with Gasteiger partial charge in [-0.25, -0.2) is 0 Å². The van der Waals surface area contributed by atoms with Gasteiger partial charge in [-0.15, -0.1) is 0 Å². The maximum atomic E-state index is 11.3. The molecule has 1 aromatic heterocycles. The lowest BCUT2D eigenvalue weighted by molar-refractivity contribution is -0.0662. The molecule has 37 heavy (non-hydrogen) atoms. The Morgan fingerprint density at radius 2 is 1.62 bits per heavy atom. The number of rotatable bonds is 5. The first kappa shape index (κ1) is 29.2.